The third-order valence-electron chi connectivity index (χ3n) is 7.05. The number of nitrogens with zero attached hydrogens (tertiary/aromatic N) is 1. The van der Waals surface area contributed by atoms with Gasteiger partial charge in [-0.1, -0.05) is 91.0 Å². The van der Waals surface area contributed by atoms with Gasteiger partial charge in [0.1, 0.15) is 5.82 Å². The van der Waals surface area contributed by atoms with Crippen molar-refractivity contribution in [2.24, 2.45) is 5.73 Å². The number of hydrogen-bond acceptors (Lipinski definition) is 3. The van der Waals surface area contributed by atoms with Gasteiger partial charge in [-0.3, -0.25) is 9.59 Å². The molecule has 5 aromatic rings. The van der Waals surface area contributed by atoms with E-state index in [-0.39, 0.29) is 17.6 Å². The number of rotatable bonds is 10. The quantitative estimate of drug-likeness (QED) is 0.191. The Morgan fingerprint density at radius 1 is 0.810 bits per heavy atom. The summed E-state index contributed by atoms with van der Waals surface area (Å²) >= 11 is 0. The third kappa shape index (κ3) is 6.97. The van der Waals surface area contributed by atoms with Crippen molar-refractivity contribution >= 4 is 28.7 Å². The van der Waals surface area contributed by atoms with E-state index in [1.807, 2.05) is 66.7 Å². The van der Waals surface area contributed by atoms with Crippen molar-refractivity contribution in [1.82, 2.24) is 10.2 Å². The molecule has 2 amide bonds. The fourth-order valence-electron chi connectivity index (χ4n) is 4.97. The van der Waals surface area contributed by atoms with Gasteiger partial charge in [-0.25, -0.2) is 4.39 Å². The van der Waals surface area contributed by atoms with Gasteiger partial charge in [-0.05, 0) is 68.9 Å². The first kappa shape index (κ1) is 28.5. The van der Waals surface area contributed by atoms with Gasteiger partial charge < -0.3 is 16.0 Å². The molecule has 0 aromatic heterocycles. The highest BCUT2D eigenvalue weighted by atomic mass is 19.1. The summed E-state index contributed by atoms with van der Waals surface area (Å²) in [5.74, 6) is -0.672. The molecular formula is C36H32FN3O2. The molecule has 42 heavy (non-hydrogen) atoms. The fraction of sp³-hybridized carbons (Fsp3) is 0.111. The Kier molecular flexibility index (Phi) is 9.17. The molecule has 0 aliphatic heterocycles. The van der Waals surface area contributed by atoms with Crippen LogP contribution in [0.25, 0.3) is 28.0 Å². The van der Waals surface area contributed by atoms with Crippen molar-refractivity contribution in [3.8, 4) is 11.1 Å². The van der Waals surface area contributed by atoms with Crippen LogP contribution in [0.4, 0.5) is 4.39 Å². The van der Waals surface area contributed by atoms with Crippen LogP contribution in [0.3, 0.4) is 0 Å². The summed E-state index contributed by atoms with van der Waals surface area (Å²) in [6.45, 7) is 1.50. The number of carbonyl (C=O) groups is 2. The Morgan fingerprint density at radius 3 is 2.38 bits per heavy atom. The highest BCUT2D eigenvalue weighted by Gasteiger charge is 2.16. The van der Waals surface area contributed by atoms with E-state index in [1.54, 1.807) is 29.2 Å². The standard InChI is InChI=1S/C36H32FN3O2/c37-31-18-15-26(16-19-31)17-20-35(41)40(25-30-11-6-9-28-8-1-2-12-32(28)30)24-27-7-5-10-29(23-27)33-13-3-4-14-34(33)36(42)39-22-21-38/h1-20,23H,21-22,24-25,38H2,(H,39,42). The lowest BCUT2D eigenvalue weighted by Crippen LogP contribution is -2.29. The Labute approximate surface area is 245 Å². The minimum absolute atomic E-state index is 0.167. The molecule has 210 valence electrons. The van der Waals surface area contributed by atoms with Crippen molar-refractivity contribution in [2.75, 3.05) is 13.1 Å². The van der Waals surface area contributed by atoms with Crippen LogP contribution in [0.5, 0.6) is 0 Å². The third-order valence-corrected chi connectivity index (χ3v) is 7.05. The number of carbonyl (C=O) groups excluding carboxylic acids is 2. The lowest BCUT2D eigenvalue weighted by molar-refractivity contribution is -0.127. The molecule has 0 unspecified atom stereocenters. The SMILES string of the molecule is NCCNC(=O)c1ccccc1-c1cccc(CN(Cc2cccc3ccccc23)C(=O)C=Cc2ccc(F)cc2)c1. The molecule has 0 atom stereocenters. The van der Waals surface area contributed by atoms with Crippen molar-refractivity contribution in [2.45, 2.75) is 13.1 Å². The molecular weight excluding hydrogens is 525 g/mol. The highest BCUT2D eigenvalue weighted by molar-refractivity contribution is 6.01. The summed E-state index contributed by atoms with van der Waals surface area (Å²) in [5.41, 5.74) is 10.5. The molecule has 0 aliphatic rings. The zero-order chi connectivity index (χ0) is 29.3. The largest absolute Gasteiger partial charge is 0.351 e. The maximum Gasteiger partial charge on any atom is 0.251 e. The van der Waals surface area contributed by atoms with Crippen LogP contribution in [-0.2, 0) is 17.9 Å². The van der Waals surface area contributed by atoms with E-state index in [2.05, 4.69) is 23.5 Å². The van der Waals surface area contributed by atoms with Gasteiger partial charge >= 0.3 is 0 Å². The predicted molar refractivity (Wildman–Crippen MR) is 167 cm³/mol. The van der Waals surface area contributed by atoms with E-state index < -0.39 is 0 Å². The monoisotopic (exact) mass is 557 g/mol. The normalized spacial score (nSPS) is 11.1. The predicted octanol–water partition coefficient (Wildman–Crippen LogP) is 6.58. The van der Waals surface area contributed by atoms with Gasteiger partial charge in [0.2, 0.25) is 5.91 Å². The van der Waals surface area contributed by atoms with Gasteiger partial charge in [0, 0.05) is 37.8 Å². The van der Waals surface area contributed by atoms with Crippen LogP contribution in [0.1, 0.15) is 27.0 Å². The van der Waals surface area contributed by atoms with Crippen molar-refractivity contribution in [1.29, 1.82) is 0 Å². The number of hydrogen-bond donors (Lipinski definition) is 2. The molecule has 5 nitrogen and oxygen atoms in total. The first-order valence-electron chi connectivity index (χ1n) is 13.9. The molecule has 0 aliphatic carbocycles. The molecule has 0 radical (unpaired) electrons. The Morgan fingerprint density at radius 2 is 1.55 bits per heavy atom. The lowest BCUT2D eigenvalue weighted by atomic mass is 9.97. The summed E-state index contributed by atoms with van der Waals surface area (Å²) in [7, 11) is 0. The first-order chi connectivity index (χ1) is 20.5. The van der Waals surface area contributed by atoms with E-state index in [0.29, 0.717) is 31.7 Å². The Hall–Kier alpha value is -5.07. The summed E-state index contributed by atoms with van der Waals surface area (Å²) in [6.07, 6.45) is 3.23. The summed E-state index contributed by atoms with van der Waals surface area (Å²) in [6, 6.07) is 35.6. The molecule has 5 rings (SSSR count). The van der Waals surface area contributed by atoms with Crippen LogP contribution >= 0.6 is 0 Å². The van der Waals surface area contributed by atoms with Gasteiger partial charge in [0.05, 0.1) is 0 Å². The molecule has 0 saturated carbocycles. The molecule has 0 bridgehead atoms. The molecule has 0 saturated heterocycles. The minimum Gasteiger partial charge on any atom is -0.351 e. The van der Waals surface area contributed by atoms with Crippen LogP contribution < -0.4 is 11.1 Å². The second kappa shape index (κ2) is 13.5. The smallest absolute Gasteiger partial charge is 0.251 e. The van der Waals surface area contributed by atoms with Crippen molar-refractivity contribution in [3.05, 3.63) is 149 Å². The van der Waals surface area contributed by atoms with Crippen LogP contribution in [0.2, 0.25) is 0 Å². The highest BCUT2D eigenvalue weighted by Crippen LogP contribution is 2.26. The molecule has 0 fully saturated rings. The molecule has 5 aromatic carbocycles. The fourth-order valence-corrected chi connectivity index (χ4v) is 4.97. The molecule has 3 N–H and O–H groups in total. The van der Waals surface area contributed by atoms with Crippen molar-refractivity contribution < 1.29 is 14.0 Å². The van der Waals surface area contributed by atoms with E-state index in [9.17, 15) is 14.0 Å². The second-order valence-corrected chi connectivity index (χ2v) is 10.0. The summed E-state index contributed by atoms with van der Waals surface area (Å²) in [4.78, 5) is 28.2. The van der Waals surface area contributed by atoms with Gasteiger partial charge in [-0.2, -0.15) is 0 Å². The zero-order valence-electron chi connectivity index (χ0n) is 23.2. The number of benzene rings is 5. The van der Waals surface area contributed by atoms with Crippen LogP contribution in [0.15, 0.2) is 121 Å². The Bertz CT molecular complexity index is 1720. The van der Waals surface area contributed by atoms with Gasteiger partial charge in [0.15, 0.2) is 0 Å². The number of nitrogens with two attached hydrogens (primary N) is 1. The average Bonchev–Trinajstić information content (AvgIpc) is 3.03. The zero-order valence-corrected chi connectivity index (χ0v) is 23.2. The molecule has 0 heterocycles. The van der Waals surface area contributed by atoms with E-state index >= 15 is 0 Å². The minimum atomic E-state index is -0.325. The average molecular weight is 558 g/mol. The Balaban J connectivity index is 1.46. The second-order valence-electron chi connectivity index (χ2n) is 10.0. The van der Waals surface area contributed by atoms with E-state index in [4.69, 9.17) is 5.73 Å². The van der Waals surface area contributed by atoms with Crippen molar-refractivity contribution in [3.63, 3.8) is 0 Å². The first-order valence-corrected chi connectivity index (χ1v) is 13.9. The number of fused-ring (bicyclic) bond motifs is 1. The van der Waals surface area contributed by atoms with Crippen LogP contribution in [0, 0.1) is 5.82 Å². The van der Waals surface area contributed by atoms with Gasteiger partial charge in [0.25, 0.3) is 5.91 Å². The lowest BCUT2D eigenvalue weighted by Gasteiger charge is -2.23. The number of halogens is 1. The summed E-state index contributed by atoms with van der Waals surface area (Å²) < 4.78 is 13.4. The molecule has 6 heteroatoms. The van der Waals surface area contributed by atoms with E-state index in [1.165, 1.54) is 18.2 Å². The number of nitrogens with one attached hydrogen (secondary N) is 1. The summed E-state index contributed by atoms with van der Waals surface area (Å²) in [5, 5.41) is 5.04. The van der Waals surface area contributed by atoms with Crippen LogP contribution in [-0.4, -0.2) is 29.8 Å². The number of amides is 2. The maximum absolute atomic E-state index is 13.6. The van der Waals surface area contributed by atoms with Gasteiger partial charge in [-0.15, -0.1) is 0 Å². The topological polar surface area (TPSA) is 75.4 Å². The maximum atomic E-state index is 13.6. The molecule has 0 spiro atoms. The van der Waals surface area contributed by atoms with E-state index in [0.717, 1.165) is 38.6 Å².